The van der Waals surface area contributed by atoms with Crippen LogP contribution in [0, 0.1) is 5.41 Å². The Bertz CT molecular complexity index is 289. The number of hydrogen-bond donors (Lipinski definition) is 1. The molecule has 0 fully saturated rings. The fourth-order valence-corrected chi connectivity index (χ4v) is 2.34. The van der Waals surface area contributed by atoms with Gasteiger partial charge in [-0.15, -0.1) is 0 Å². The van der Waals surface area contributed by atoms with Gasteiger partial charge < -0.3 is 5.32 Å². The molecule has 0 aromatic heterocycles. The van der Waals surface area contributed by atoms with E-state index < -0.39 is 0 Å². The van der Waals surface area contributed by atoms with Crippen molar-refractivity contribution in [2.24, 2.45) is 5.41 Å². The van der Waals surface area contributed by atoms with Gasteiger partial charge in [-0.3, -0.25) is 0 Å². The van der Waals surface area contributed by atoms with Crippen molar-refractivity contribution in [3.05, 3.63) is 22.8 Å². The molecule has 1 heterocycles. The molecule has 0 spiro atoms. The molecule has 2 aliphatic rings. The van der Waals surface area contributed by atoms with E-state index in [1.165, 1.54) is 19.3 Å². The van der Waals surface area contributed by atoms with Gasteiger partial charge in [0, 0.05) is 6.54 Å². The summed E-state index contributed by atoms with van der Waals surface area (Å²) in [5, 5.41) is 3.45. The van der Waals surface area contributed by atoms with Gasteiger partial charge in [0.15, 0.2) is 0 Å². The molecule has 0 radical (unpaired) electrons. The van der Waals surface area contributed by atoms with Crippen molar-refractivity contribution in [3.8, 4) is 0 Å². The van der Waals surface area contributed by atoms with Crippen molar-refractivity contribution in [1.82, 2.24) is 5.32 Å². The monoisotopic (exact) mass is 191 g/mol. The Kier molecular flexibility index (Phi) is 2.52. The van der Waals surface area contributed by atoms with Crippen molar-refractivity contribution < 1.29 is 0 Å². The first-order chi connectivity index (χ1) is 6.57. The van der Waals surface area contributed by atoms with Crippen LogP contribution in [0.3, 0.4) is 0 Å². The SMILES string of the molecule is CC(C)(C)C1=CC2=C(CC1)CNCC2. The average molecular weight is 191 g/mol. The van der Waals surface area contributed by atoms with Gasteiger partial charge in [-0.25, -0.2) is 0 Å². The zero-order valence-electron chi connectivity index (χ0n) is 9.61. The molecule has 0 atom stereocenters. The van der Waals surface area contributed by atoms with Crippen LogP contribution < -0.4 is 5.32 Å². The van der Waals surface area contributed by atoms with Crippen LogP contribution in [-0.2, 0) is 0 Å². The topological polar surface area (TPSA) is 12.0 Å². The molecule has 78 valence electrons. The minimum atomic E-state index is 0.364. The van der Waals surface area contributed by atoms with Gasteiger partial charge >= 0.3 is 0 Å². The molecule has 0 unspecified atom stereocenters. The Morgan fingerprint density at radius 2 is 1.93 bits per heavy atom. The highest BCUT2D eigenvalue weighted by Crippen LogP contribution is 2.36. The maximum atomic E-state index is 3.45. The third kappa shape index (κ3) is 1.93. The lowest BCUT2D eigenvalue weighted by Crippen LogP contribution is -2.27. The van der Waals surface area contributed by atoms with Crippen LogP contribution in [0.5, 0.6) is 0 Å². The van der Waals surface area contributed by atoms with Gasteiger partial charge in [0.05, 0.1) is 0 Å². The summed E-state index contributed by atoms with van der Waals surface area (Å²) in [5.74, 6) is 0. The van der Waals surface area contributed by atoms with Crippen molar-refractivity contribution in [1.29, 1.82) is 0 Å². The molecule has 0 aromatic carbocycles. The third-order valence-corrected chi connectivity index (χ3v) is 3.37. The molecular weight excluding hydrogens is 170 g/mol. The molecule has 0 bridgehead atoms. The lowest BCUT2D eigenvalue weighted by Gasteiger charge is -2.30. The summed E-state index contributed by atoms with van der Waals surface area (Å²) < 4.78 is 0. The quantitative estimate of drug-likeness (QED) is 0.620. The van der Waals surface area contributed by atoms with Gasteiger partial charge in [0.25, 0.3) is 0 Å². The highest BCUT2D eigenvalue weighted by molar-refractivity contribution is 5.37. The Morgan fingerprint density at radius 1 is 1.14 bits per heavy atom. The van der Waals surface area contributed by atoms with Gasteiger partial charge in [0.1, 0.15) is 0 Å². The minimum absolute atomic E-state index is 0.364. The maximum absolute atomic E-state index is 3.45. The maximum Gasteiger partial charge on any atom is 0.0170 e. The van der Waals surface area contributed by atoms with Crippen LogP contribution in [-0.4, -0.2) is 13.1 Å². The van der Waals surface area contributed by atoms with Crippen LogP contribution in [0.4, 0.5) is 0 Å². The first-order valence-electron chi connectivity index (χ1n) is 5.70. The summed E-state index contributed by atoms with van der Waals surface area (Å²) in [6.07, 6.45) is 6.25. The molecule has 0 saturated carbocycles. The largest absolute Gasteiger partial charge is 0.313 e. The van der Waals surface area contributed by atoms with E-state index in [9.17, 15) is 0 Å². The second-order valence-electron chi connectivity index (χ2n) is 5.48. The van der Waals surface area contributed by atoms with E-state index in [4.69, 9.17) is 0 Å². The second kappa shape index (κ2) is 3.54. The standard InChI is InChI=1S/C13H21N/c1-13(2,3)12-5-4-11-9-14-7-6-10(11)8-12/h8,14H,4-7,9H2,1-3H3. The Labute approximate surface area is 87.3 Å². The van der Waals surface area contributed by atoms with Crippen LogP contribution in [0.15, 0.2) is 22.8 Å². The number of allylic oxidation sites excluding steroid dienone is 2. The number of rotatable bonds is 0. The fraction of sp³-hybridized carbons (Fsp3) is 0.692. The van der Waals surface area contributed by atoms with Crippen LogP contribution >= 0.6 is 0 Å². The van der Waals surface area contributed by atoms with Crippen molar-refractivity contribution in [3.63, 3.8) is 0 Å². The predicted molar refractivity (Wildman–Crippen MR) is 61.3 cm³/mol. The number of nitrogens with one attached hydrogen (secondary N) is 1. The molecule has 0 saturated heterocycles. The van der Waals surface area contributed by atoms with Crippen LogP contribution in [0.2, 0.25) is 0 Å². The van der Waals surface area contributed by atoms with Crippen molar-refractivity contribution in [2.45, 2.75) is 40.0 Å². The average Bonchev–Trinajstić information content (AvgIpc) is 2.16. The Morgan fingerprint density at radius 3 is 2.64 bits per heavy atom. The summed E-state index contributed by atoms with van der Waals surface area (Å²) in [5.41, 5.74) is 5.28. The van der Waals surface area contributed by atoms with E-state index in [2.05, 4.69) is 32.2 Å². The molecule has 1 nitrogen and oxygen atoms in total. The fourth-order valence-electron chi connectivity index (χ4n) is 2.34. The van der Waals surface area contributed by atoms with Crippen molar-refractivity contribution >= 4 is 0 Å². The van der Waals surface area contributed by atoms with E-state index in [0.29, 0.717) is 5.41 Å². The van der Waals surface area contributed by atoms with E-state index in [-0.39, 0.29) is 0 Å². The highest BCUT2D eigenvalue weighted by atomic mass is 14.9. The summed E-state index contributed by atoms with van der Waals surface area (Å²) in [6.45, 7) is 9.26. The first-order valence-corrected chi connectivity index (χ1v) is 5.70. The van der Waals surface area contributed by atoms with Gasteiger partial charge in [-0.2, -0.15) is 0 Å². The molecule has 1 aliphatic carbocycles. The van der Waals surface area contributed by atoms with Crippen LogP contribution in [0.1, 0.15) is 40.0 Å². The van der Waals surface area contributed by atoms with Crippen molar-refractivity contribution in [2.75, 3.05) is 13.1 Å². The highest BCUT2D eigenvalue weighted by Gasteiger charge is 2.22. The normalized spacial score (nSPS) is 23.2. The predicted octanol–water partition coefficient (Wildman–Crippen LogP) is 3.04. The lowest BCUT2D eigenvalue weighted by atomic mass is 9.77. The summed E-state index contributed by atoms with van der Waals surface area (Å²) in [6, 6.07) is 0. The molecule has 1 N–H and O–H groups in total. The minimum Gasteiger partial charge on any atom is -0.313 e. The molecule has 0 amide bonds. The van der Waals surface area contributed by atoms with Gasteiger partial charge in [-0.05, 0) is 36.8 Å². The zero-order chi connectivity index (χ0) is 10.2. The van der Waals surface area contributed by atoms with Gasteiger partial charge in [-0.1, -0.05) is 38.0 Å². The van der Waals surface area contributed by atoms with Crippen LogP contribution in [0.25, 0.3) is 0 Å². The van der Waals surface area contributed by atoms with E-state index in [1.807, 2.05) is 0 Å². The lowest BCUT2D eigenvalue weighted by molar-refractivity contribution is 0.473. The van der Waals surface area contributed by atoms with E-state index in [0.717, 1.165) is 13.1 Å². The van der Waals surface area contributed by atoms with Gasteiger partial charge in [0.2, 0.25) is 0 Å². The zero-order valence-corrected chi connectivity index (χ0v) is 9.61. The molecule has 14 heavy (non-hydrogen) atoms. The smallest absolute Gasteiger partial charge is 0.0170 e. The van der Waals surface area contributed by atoms with E-state index in [1.54, 1.807) is 16.7 Å². The molecular formula is C13H21N. The summed E-state index contributed by atoms with van der Waals surface area (Å²) >= 11 is 0. The number of hydrogen-bond acceptors (Lipinski definition) is 1. The Hall–Kier alpha value is -0.560. The second-order valence-corrected chi connectivity index (χ2v) is 5.48. The summed E-state index contributed by atoms with van der Waals surface area (Å²) in [7, 11) is 0. The molecule has 1 heteroatoms. The molecule has 2 rings (SSSR count). The summed E-state index contributed by atoms with van der Waals surface area (Å²) in [4.78, 5) is 0. The first kappa shape index (κ1) is 9.97. The molecule has 0 aromatic rings. The molecule has 1 aliphatic heterocycles. The third-order valence-electron chi connectivity index (χ3n) is 3.37. The van der Waals surface area contributed by atoms with E-state index >= 15 is 0 Å². The Balaban J connectivity index is 2.25.